The summed E-state index contributed by atoms with van der Waals surface area (Å²) in [4.78, 5) is 20.9. The number of carbonyl (C=O) groups is 2. The summed E-state index contributed by atoms with van der Waals surface area (Å²) >= 11 is 0. The second kappa shape index (κ2) is 16.5. The molecule has 1 fully saturated rings. The summed E-state index contributed by atoms with van der Waals surface area (Å²) in [6.45, 7) is 4.33. The number of allylic oxidation sites excluding steroid dienone is 3. The molecule has 1 N–H and O–H groups in total. The third-order valence-electron chi connectivity index (χ3n) is 4.15. The molecule has 0 bridgehead atoms. The van der Waals surface area contributed by atoms with Gasteiger partial charge in [-0.05, 0) is 31.6 Å². The van der Waals surface area contributed by atoms with E-state index in [4.69, 9.17) is 5.11 Å². The number of carboxylic acid groups (broad SMARTS) is 1. The van der Waals surface area contributed by atoms with Gasteiger partial charge in [0.25, 0.3) is 0 Å². The monoisotopic (exact) mass is 336 g/mol. The fourth-order valence-electron chi connectivity index (χ4n) is 2.67. The lowest BCUT2D eigenvalue weighted by Crippen LogP contribution is -1.89. The van der Waals surface area contributed by atoms with Gasteiger partial charge in [-0.25, -0.2) is 4.79 Å². The second-order valence-electron chi connectivity index (χ2n) is 6.56. The van der Waals surface area contributed by atoms with Crippen LogP contribution in [0, 0.1) is 5.92 Å². The van der Waals surface area contributed by atoms with Gasteiger partial charge in [0.2, 0.25) is 0 Å². The molecule has 0 amide bonds. The number of carbonyl (C=O) groups excluding carboxylic acids is 1. The van der Waals surface area contributed by atoms with Crippen LogP contribution < -0.4 is 0 Å². The summed E-state index contributed by atoms with van der Waals surface area (Å²) in [6.07, 6.45) is 21.2. The normalized spacial score (nSPS) is 17.4. The molecule has 0 spiro atoms. The maximum Gasteiger partial charge on any atom is 0.327 e. The van der Waals surface area contributed by atoms with Crippen molar-refractivity contribution in [2.75, 3.05) is 0 Å². The van der Waals surface area contributed by atoms with Crippen molar-refractivity contribution in [1.29, 1.82) is 0 Å². The Kier molecular flexibility index (Phi) is 15.5. The Morgan fingerprint density at radius 2 is 1.71 bits per heavy atom. The quantitative estimate of drug-likeness (QED) is 0.282. The molecule has 0 aliphatic heterocycles. The highest BCUT2D eigenvalue weighted by Gasteiger charge is 2.18. The van der Waals surface area contributed by atoms with Gasteiger partial charge in [0.15, 0.2) is 0 Å². The van der Waals surface area contributed by atoms with Crippen LogP contribution >= 0.6 is 0 Å². The first-order valence-corrected chi connectivity index (χ1v) is 9.67. The highest BCUT2D eigenvalue weighted by Crippen LogP contribution is 2.23. The van der Waals surface area contributed by atoms with E-state index in [1.807, 2.05) is 0 Å². The summed E-state index contributed by atoms with van der Waals surface area (Å²) in [5.74, 6) is 0.159. The van der Waals surface area contributed by atoms with Crippen molar-refractivity contribution in [3.8, 4) is 0 Å². The molecule has 0 saturated heterocycles. The van der Waals surface area contributed by atoms with Crippen LogP contribution in [-0.2, 0) is 9.59 Å². The largest absolute Gasteiger partial charge is 0.478 e. The molecule has 0 aromatic rings. The van der Waals surface area contributed by atoms with Gasteiger partial charge in [0.1, 0.15) is 5.78 Å². The molecular formula is C21H36O3. The first-order chi connectivity index (χ1) is 11.6. The number of hydrogen-bond donors (Lipinski definition) is 1. The highest BCUT2D eigenvalue weighted by molar-refractivity contribution is 5.81. The molecule has 0 aromatic heterocycles. The minimum absolute atomic E-state index is 0.451. The van der Waals surface area contributed by atoms with Gasteiger partial charge in [0, 0.05) is 18.9 Å². The predicted molar refractivity (Wildman–Crippen MR) is 101 cm³/mol. The zero-order valence-corrected chi connectivity index (χ0v) is 15.6. The Morgan fingerprint density at radius 1 is 1.04 bits per heavy atom. The highest BCUT2D eigenvalue weighted by atomic mass is 16.4. The zero-order valence-electron chi connectivity index (χ0n) is 15.6. The van der Waals surface area contributed by atoms with Crippen LogP contribution in [-0.4, -0.2) is 16.9 Å². The molecule has 1 aliphatic rings. The number of Topliss-reactive ketones (excluding diaryl/α,β-unsaturated/α-hetero) is 1. The van der Waals surface area contributed by atoms with E-state index in [0.717, 1.165) is 38.5 Å². The maximum atomic E-state index is 11.0. The van der Waals surface area contributed by atoms with E-state index in [1.54, 1.807) is 6.08 Å². The van der Waals surface area contributed by atoms with E-state index >= 15 is 0 Å². The molecule has 0 radical (unpaired) electrons. The summed E-state index contributed by atoms with van der Waals surface area (Å²) in [7, 11) is 0. The minimum Gasteiger partial charge on any atom is -0.478 e. The van der Waals surface area contributed by atoms with Gasteiger partial charge < -0.3 is 5.11 Å². The van der Waals surface area contributed by atoms with Crippen molar-refractivity contribution in [2.24, 2.45) is 5.92 Å². The molecule has 1 saturated carbocycles. The zero-order chi connectivity index (χ0) is 18.0. The molecule has 0 aromatic carbocycles. The number of unbranched alkanes of at least 4 members (excludes halogenated alkanes) is 7. The van der Waals surface area contributed by atoms with Crippen molar-refractivity contribution >= 4 is 11.8 Å². The Morgan fingerprint density at radius 3 is 2.29 bits per heavy atom. The smallest absolute Gasteiger partial charge is 0.327 e. The summed E-state index contributed by atoms with van der Waals surface area (Å²) in [5.41, 5.74) is 0. The molecule has 138 valence electrons. The second-order valence-corrected chi connectivity index (χ2v) is 6.56. The van der Waals surface area contributed by atoms with Gasteiger partial charge in [-0.1, -0.05) is 70.6 Å². The molecule has 3 nitrogen and oxygen atoms in total. The summed E-state index contributed by atoms with van der Waals surface area (Å²) in [5, 5.41) is 8.13. The van der Waals surface area contributed by atoms with Crippen molar-refractivity contribution in [3.05, 3.63) is 24.3 Å². The van der Waals surface area contributed by atoms with E-state index in [-0.39, 0.29) is 0 Å². The van der Waals surface area contributed by atoms with Crippen molar-refractivity contribution < 1.29 is 14.7 Å². The van der Waals surface area contributed by atoms with Crippen LogP contribution in [0.25, 0.3) is 0 Å². The fraction of sp³-hybridized carbons (Fsp3) is 0.714. The predicted octanol–water partition coefficient (Wildman–Crippen LogP) is 6.09. The molecular weight excluding hydrogens is 300 g/mol. The molecule has 24 heavy (non-hydrogen) atoms. The first kappa shape index (κ1) is 22.6. The van der Waals surface area contributed by atoms with Gasteiger partial charge in [-0.15, -0.1) is 0 Å². The number of ketones is 1. The lowest BCUT2D eigenvalue weighted by molar-refractivity contribution is -0.131. The number of hydrogen-bond acceptors (Lipinski definition) is 2. The summed E-state index contributed by atoms with van der Waals surface area (Å²) < 4.78 is 0. The van der Waals surface area contributed by atoms with Gasteiger partial charge in [-0.2, -0.15) is 0 Å². The van der Waals surface area contributed by atoms with Crippen LogP contribution in [0.2, 0.25) is 0 Å². The average molecular weight is 337 g/mol. The van der Waals surface area contributed by atoms with Gasteiger partial charge in [-0.3, -0.25) is 4.79 Å². The molecule has 1 rings (SSSR count). The average Bonchev–Trinajstić information content (AvgIpc) is 2.97. The molecule has 0 heterocycles. The number of carboxylic acids is 1. The number of rotatable bonds is 11. The van der Waals surface area contributed by atoms with E-state index in [9.17, 15) is 9.59 Å². The van der Waals surface area contributed by atoms with Crippen molar-refractivity contribution in [1.82, 2.24) is 0 Å². The van der Waals surface area contributed by atoms with Crippen molar-refractivity contribution in [3.63, 3.8) is 0 Å². The standard InChI is InChI=1S/C14H24O.C7H12O2/c1-2-3-4-5-6-7-8-9-13-10-11-14(15)12-13;1-2-3-4-5-6-7(8)9/h8-9,13H,2-7,10-12H2,1H3;5-6H,2-4H2,1H3,(H,8,9)/b9-8+;6-5+. The maximum absolute atomic E-state index is 11.0. The van der Waals surface area contributed by atoms with Crippen LogP contribution in [0.1, 0.15) is 90.9 Å². The third kappa shape index (κ3) is 15.5. The molecule has 1 atom stereocenters. The van der Waals surface area contributed by atoms with Crippen molar-refractivity contribution in [2.45, 2.75) is 90.9 Å². The van der Waals surface area contributed by atoms with Crippen LogP contribution in [0.4, 0.5) is 0 Å². The number of aliphatic carboxylic acids is 1. The minimum atomic E-state index is -0.855. The Labute approximate surface area is 148 Å². The van der Waals surface area contributed by atoms with E-state index in [1.165, 1.54) is 44.6 Å². The first-order valence-electron chi connectivity index (χ1n) is 9.67. The Balaban J connectivity index is 0.000000506. The molecule has 1 unspecified atom stereocenters. The third-order valence-corrected chi connectivity index (χ3v) is 4.15. The van der Waals surface area contributed by atoms with Gasteiger partial charge >= 0.3 is 5.97 Å². The van der Waals surface area contributed by atoms with Crippen LogP contribution in [0.15, 0.2) is 24.3 Å². The van der Waals surface area contributed by atoms with E-state index < -0.39 is 5.97 Å². The summed E-state index contributed by atoms with van der Waals surface area (Å²) in [6, 6.07) is 0. The van der Waals surface area contributed by atoms with E-state index in [2.05, 4.69) is 26.0 Å². The fourth-order valence-corrected chi connectivity index (χ4v) is 2.67. The lowest BCUT2D eigenvalue weighted by Gasteiger charge is -1.99. The van der Waals surface area contributed by atoms with Crippen LogP contribution in [0.5, 0.6) is 0 Å². The topological polar surface area (TPSA) is 54.4 Å². The molecule has 1 aliphatic carbocycles. The SMILES string of the molecule is CCCC/C=C/C(=O)O.CCCCCCC/C=C/C1CCC(=O)C1. The van der Waals surface area contributed by atoms with Gasteiger partial charge in [0.05, 0.1) is 0 Å². The van der Waals surface area contributed by atoms with E-state index in [0.29, 0.717) is 11.7 Å². The Bertz CT molecular complexity index is 383. The van der Waals surface area contributed by atoms with Crippen LogP contribution in [0.3, 0.4) is 0 Å². The lowest BCUT2D eigenvalue weighted by atomic mass is 10.1. The molecule has 3 heteroatoms. The Hall–Kier alpha value is -1.38.